The van der Waals surface area contributed by atoms with Gasteiger partial charge in [-0.2, -0.15) is 0 Å². The SMILES string of the molecule is COC(=O)C1Cc2ccccc2N1C(=O)c1ccc(OCCC(C)C)cc1. The topological polar surface area (TPSA) is 55.8 Å². The number of carbonyl (C=O) groups excluding carboxylic acids is 2. The number of amides is 1. The van der Waals surface area contributed by atoms with Crippen molar-refractivity contribution in [2.24, 2.45) is 5.92 Å². The van der Waals surface area contributed by atoms with Crippen LogP contribution in [0.1, 0.15) is 36.2 Å². The Bertz CT molecular complexity index is 813. The normalized spacial score (nSPS) is 15.6. The lowest BCUT2D eigenvalue weighted by atomic mass is 10.1. The van der Waals surface area contributed by atoms with Crippen molar-refractivity contribution >= 4 is 17.6 Å². The van der Waals surface area contributed by atoms with E-state index >= 15 is 0 Å². The first-order valence-corrected chi connectivity index (χ1v) is 9.23. The monoisotopic (exact) mass is 367 g/mol. The summed E-state index contributed by atoms with van der Waals surface area (Å²) in [5.41, 5.74) is 2.24. The number of hydrogen-bond acceptors (Lipinski definition) is 4. The summed E-state index contributed by atoms with van der Waals surface area (Å²) < 4.78 is 10.6. The highest BCUT2D eigenvalue weighted by atomic mass is 16.5. The fourth-order valence-corrected chi connectivity index (χ4v) is 3.21. The van der Waals surface area contributed by atoms with Crippen molar-refractivity contribution in [2.45, 2.75) is 32.7 Å². The lowest BCUT2D eigenvalue weighted by Crippen LogP contribution is -2.43. The summed E-state index contributed by atoms with van der Waals surface area (Å²) >= 11 is 0. The zero-order valence-electron chi connectivity index (χ0n) is 16.0. The average Bonchev–Trinajstić information content (AvgIpc) is 3.06. The van der Waals surface area contributed by atoms with E-state index in [2.05, 4.69) is 13.8 Å². The third kappa shape index (κ3) is 4.13. The van der Waals surface area contributed by atoms with Gasteiger partial charge in [0.2, 0.25) is 0 Å². The second-order valence-electron chi connectivity index (χ2n) is 7.10. The second-order valence-corrected chi connectivity index (χ2v) is 7.10. The quantitative estimate of drug-likeness (QED) is 0.728. The van der Waals surface area contributed by atoms with E-state index in [1.807, 2.05) is 24.3 Å². The summed E-state index contributed by atoms with van der Waals surface area (Å²) in [6.45, 7) is 4.95. The van der Waals surface area contributed by atoms with Gasteiger partial charge in [-0.25, -0.2) is 4.79 Å². The zero-order chi connectivity index (χ0) is 19.4. The highest BCUT2D eigenvalue weighted by molar-refractivity contribution is 6.11. The molecule has 0 aromatic heterocycles. The molecule has 3 rings (SSSR count). The Hall–Kier alpha value is -2.82. The van der Waals surface area contributed by atoms with E-state index in [-0.39, 0.29) is 5.91 Å². The number of rotatable bonds is 6. The lowest BCUT2D eigenvalue weighted by Gasteiger charge is -2.24. The molecule has 0 saturated carbocycles. The molecule has 0 aliphatic carbocycles. The Morgan fingerprint density at radius 1 is 1.11 bits per heavy atom. The fourth-order valence-electron chi connectivity index (χ4n) is 3.21. The minimum absolute atomic E-state index is 0.218. The molecular weight excluding hydrogens is 342 g/mol. The number of nitrogens with zero attached hydrogens (tertiary/aromatic N) is 1. The Labute approximate surface area is 159 Å². The van der Waals surface area contributed by atoms with E-state index in [0.29, 0.717) is 24.5 Å². The first kappa shape index (κ1) is 19.0. The van der Waals surface area contributed by atoms with Gasteiger partial charge < -0.3 is 9.47 Å². The van der Waals surface area contributed by atoms with Gasteiger partial charge >= 0.3 is 5.97 Å². The molecule has 1 heterocycles. The third-order valence-corrected chi connectivity index (χ3v) is 4.73. The molecule has 5 heteroatoms. The molecule has 2 aromatic carbocycles. The lowest BCUT2D eigenvalue weighted by molar-refractivity contribution is -0.141. The maximum absolute atomic E-state index is 13.1. The third-order valence-electron chi connectivity index (χ3n) is 4.73. The van der Waals surface area contributed by atoms with Crippen LogP contribution in [0, 0.1) is 5.92 Å². The van der Waals surface area contributed by atoms with Gasteiger partial charge in [-0.1, -0.05) is 32.0 Å². The molecule has 1 amide bonds. The van der Waals surface area contributed by atoms with Crippen LogP contribution in [-0.4, -0.2) is 31.6 Å². The summed E-state index contributed by atoms with van der Waals surface area (Å²) in [6, 6.07) is 14.0. The van der Waals surface area contributed by atoms with E-state index in [1.165, 1.54) is 12.0 Å². The van der Waals surface area contributed by atoms with E-state index < -0.39 is 12.0 Å². The molecular formula is C22H25NO4. The van der Waals surface area contributed by atoms with Crippen molar-refractivity contribution in [2.75, 3.05) is 18.6 Å². The van der Waals surface area contributed by atoms with E-state index in [1.54, 1.807) is 24.3 Å². The number of ether oxygens (including phenoxy) is 2. The Balaban J connectivity index is 1.79. The van der Waals surface area contributed by atoms with Crippen LogP contribution in [0.5, 0.6) is 5.75 Å². The molecule has 1 aliphatic rings. The summed E-state index contributed by atoms with van der Waals surface area (Å²) in [7, 11) is 1.34. The van der Waals surface area contributed by atoms with Gasteiger partial charge in [0, 0.05) is 17.7 Å². The van der Waals surface area contributed by atoms with Gasteiger partial charge in [0.15, 0.2) is 0 Å². The number of anilines is 1. The molecule has 5 nitrogen and oxygen atoms in total. The minimum atomic E-state index is -0.637. The van der Waals surface area contributed by atoms with Gasteiger partial charge in [-0.3, -0.25) is 9.69 Å². The molecule has 0 radical (unpaired) electrons. The van der Waals surface area contributed by atoms with Crippen molar-refractivity contribution in [3.63, 3.8) is 0 Å². The highest BCUT2D eigenvalue weighted by Gasteiger charge is 2.39. The molecule has 0 saturated heterocycles. The van der Waals surface area contributed by atoms with E-state index in [0.717, 1.165) is 23.4 Å². The van der Waals surface area contributed by atoms with Crippen LogP contribution >= 0.6 is 0 Å². The molecule has 1 aliphatic heterocycles. The first-order valence-electron chi connectivity index (χ1n) is 9.23. The summed E-state index contributed by atoms with van der Waals surface area (Å²) in [6.07, 6.45) is 1.44. The Morgan fingerprint density at radius 3 is 2.48 bits per heavy atom. The molecule has 0 bridgehead atoms. The number of methoxy groups -OCH3 is 1. The standard InChI is InChI=1S/C22H25NO4/c1-15(2)12-13-27-18-10-8-16(9-11-18)21(24)23-19-7-5-4-6-17(19)14-20(23)22(25)26-3/h4-11,15,20H,12-14H2,1-3H3. The zero-order valence-corrected chi connectivity index (χ0v) is 16.0. The number of esters is 1. The number of hydrogen-bond donors (Lipinski definition) is 0. The summed E-state index contributed by atoms with van der Waals surface area (Å²) in [5.74, 6) is 0.687. The van der Waals surface area contributed by atoms with Crippen molar-refractivity contribution in [3.05, 3.63) is 59.7 Å². The molecule has 2 aromatic rings. The van der Waals surface area contributed by atoms with E-state index in [9.17, 15) is 9.59 Å². The van der Waals surface area contributed by atoms with Crippen LogP contribution in [0.4, 0.5) is 5.69 Å². The summed E-state index contributed by atoms with van der Waals surface area (Å²) in [4.78, 5) is 26.9. The molecule has 1 atom stereocenters. The van der Waals surface area contributed by atoms with E-state index in [4.69, 9.17) is 9.47 Å². The summed E-state index contributed by atoms with van der Waals surface area (Å²) in [5, 5.41) is 0. The Morgan fingerprint density at radius 2 is 1.81 bits per heavy atom. The first-order chi connectivity index (χ1) is 13.0. The molecule has 0 N–H and O–H groups in total. The van der Waals surface area contributed by atoms with Crippen molar-refractivity contribution in [1.82, 2.24) is 0 Å². The van der Waals surface area contributed by atoms with Gasteiger partial charge in [-0.05, 0) is 48.2 Å². The van der Waals surface area contributed by atoms with Crippen molar-refractivity contribution in [1.29, 1.82) is 0 Å². The van der Waals surface area contributed by atoms with Crippen molar-refractivity contribution < 1.29 is 19.1 Å². The molecule has 0 fully saturated rings. The van der Waals surface area contributed by atoms with Crippen LogP contribution in [0.15, 0.2) is 48.5 Å². The van der Waals surface area contributed by atoms with Crippen LogP contribution < -0.4 is 9.64 Å². The number of carbonyl (C=O) groups is 2. The maximum atomic E-state index is 13.1. The van der Waals surface area contributed by atoms with Gasteiger partial charge in [0.25, 0.3) is 5.91 Å². The maximum Gasteiger partial charge on any atom is 0.329 e. The van der Waals surface area contributed by atoms with Gasteiger partial charge in [-0.15, -0.1) is 0 Å². The molecule has 1 unspecified atom stereocenters. The molecule has 142 valence electrons. The smallest absolute Gasteiger partial charge is 0.329 e. The fraction of sp³-hybridized carbons (Fsp3) is 0.364. The van der Waals surface area contributed by atoms with Gasteiger partial charge in [0.05, 0.1) is 13.7 Å². The number of para-hydroxylation sites is 1. The Kier molecular flexibility index (Phi) is 5.79. The number of fused-ring (bicyclic) bond motifs is 1. The van der Waals surface area contributed by atoms with Gasteiger partial charge in [0.1, 0.15) is 11.8 Å². The van der Waals surface area contributed by atoms with Crippen LogP contribution in [0.3, 0.4) is 0 Å². The molecule has 27 heavy (non-hydrogen) atoms. The predicted molar refractivity (Wildman–Crippen MR) is 104 cm³/mol. The van der Waals surface area contributed by atoms with Crippen LogP contribution in [0.2, 0.25) is 0 Å². The highest BCUT2D eigenvalue weighted by Crippen LogP contribution is 2.34. The largest absolute Gasteiger partial charge is 0.494 e. The van der Waals surface area contributed by atoms with Crippen LogP contribution in [-0.2, 0) is 16.0 Å². The minimum Gasteiger partial charge on any atom is -0.494 e. The second kappa shape index (κ2) is 8.25. The van der Waals surface area contributed by atoms with Crippen molar-refractivity contribution in [3.8, 4) is 5.75 Å². The average molecular weight is 367 g/mol. The van der Waals surface area contributed by atoms with Crippen LogP contribution in [0.25, 0.3) is 0 Å². The number of benzene rings is 2. The molecule has 0 spiro atoms. The predicted octanol–water partition coefficient (Wildman–Crippen LogP) is 3.86.